The van der Waals surface area contributed by atoms with E-state index in [-0.39, 0.29) is 0 Å². The third-order valence-electron chi connectivity index (χ3n) is 2.87. The molecule has 0 saturated heterocycles. The van der Waals surface area contributed by atoms with Crippen molar-refractivity contribution >= 4 is 6.29 Å². The molecule has 1 heteroatoms. The van der Waals surface area contributed by atoms with Crippen molar-refractivity contribution in [3.05, 3.63) is 12.2 Å². The fourth-order valence-electron chi connectivity index (χ4n) is 1.93. The van der Waals surface area contributed by atoms with Crippen molar-refractivity contribution in [2.24, 2.45) is 11.8 Å². The summed E-state index contributed by atoms with van der Waals surface area (Å²) in [7, 11) is 0. The van der Waals surface area contributed by atoms with E-state index in [1.54, 1.807) is 0 Å². The molecule has 1 fully saturated rings. The molecule has 0 bridgehead atoms. The Balaban J connectivity index is 2.20. The third-order valence-corrected chi connectivity index (χ3v) is 2.87. The van der Waals surface area contributed by atoms with Gasteiger partial charge in [0, 0.05) is 5.92 Å². The zero-order valence-electron chi connectivity index (χ0n) is 8.54. The molecule has 0 amide bonds. The maximum atomic E-state index is 10.5. The third kappa shape index (κ3) is 3.75. The fourth-order valence-corrected chi connectivity index (χ4v) is 1.93. The van der Waals surface area contributed by atoms with Crippen LogP contribution in [0.25, 0.3) is 0 Å². The molecule has 13 heavy (non-hydrogen) atoms. The number of hydrogen-bond acceptors (Lipinski definition) is 1. The first kappa shape index (κ1) is 10.5. The van der Waals surface area contributed by atoms with Gasteiger partial charge < -0.3 is 4.79 Å². The predicted molar refractivity (Wildman–Crippen MR) is 55.6 cm³/mol. The maximum absolute atomic E-state index is 10.5. The van der Waals surface area contributed by atoms with Crippen molar-refractivity contribution < 1.29 is 4.79 Å². The van der Waals surface area contributed by atoms with Gasteiger partial charge in [0.05, 0.1) is 0 Å². The highest BCUT2D eigenvalue weighted by molar-refractivity contribution is 5.53. The monoisotopic (exact) mass is 180 g/mol. The molecule has 1 saturated carbocycles. The Morgan fingerprint density at radius 2 is 1.77 bits per heavy atom. The number of aldehydes is 1. The Morgan fingerprint density at radius 3 is 2.31 bits per heavy atom. The van der Waals surface area contributed by atoms with Crippen LogP contribution in [0.15, 0.2) is 12.2 Å². The normalized spacial score (nSPS) is 29.3. The summed E-state index contributed by atoms with van der Waals surface area (Å²) in [5, 5.41) is 0. The Labute approximate surface area is 81.2 Å². The van der Waals surface area contributed by atoms with E-state index in [2.05, 4.69) is 19.1 Å². The summed E-state index contributed by atoms with van der Waals surface area (Å²) >= 11 is 0. The average Bonchev–Trinajstić information content (AvgIpc) is 2.19. The van der Waals surface area contributed by atoms with Gasteiger partial charge in [-0.1, -0.05) is 25.5 Å². The number of rotatable bonds is 4. The van der Waals surface area contributed by atoms with Crippen LogP contribution in [0.5, 0.6) is 0 Å². The standard InChI is InChI=1S/C12H20O/c1-2-3-4-5-11-6-8-12(10-13)9-7-11/h4-5,10-12H,2-3,6-9H2,1H3. The lowest BCUT2D eigenvalue weighted by molar-refractivity contribution is -0.112. The van der Waals surface area contributed by atoms with Crippen LogP contribution in [0, 0.1) is 11.8 Å². The molecule has 0 unspecified atom stereocenters. The van der Waals surface area contributed by atoms with E-state index < -0.39 is 0 Å². The van der Waals surface area contributed by atoms with E-state index in [4.69, 9.17) is 0 Å². The minimum Gasteiger partial charge on any atom is -0.303 e. The molecular weight excluding hydrogens is 160 g/mol. The molecule has 0 N–H and O–H groups in total. The lowest BCUT2D eigenvalue weighted by Gasteiger charge is -2.22. The quantitative estimate of drug-likeness (QED) is 0.479. The summed E-state index contributed by atoms with van der Waals surface area (Å²) in [6, 6.07) is 0. The lowest BCUT2D eigenvalue weighted by Crippen LogP contribution is -2.13. The lowest BCUT2D eigenvalue weighted by atomic mass is 9.82. The van der Waals surface area contributed by atoms with Crippen LogP contribution in [-0.4, -0.2) is 6.29 Å². The number of unbranched alkanes of at least 4 members (excludes halogenated alkanes) is 1. The summed E-state index contributed by atoms with van der Waals surface area (Å²) in [4.78, 5) is 10.5. The Bertz CT molecular complexity index is 164. The first-order chi connectivity index (χ1) is 6.36. The van der Waals surface area contributed by atoms with E-state index in [1.807, 2.05) is 0 Å². The molecule has 0 aliphatic heterocycles. The first-order valence-electron chi connectivity index (χ1n) is 5.48. The van der Waals surface area contributed by atoms with Crippen LogP contribution < -0.4 is 0 Å². The second kappa shape index (κ2) is 5.95. The van der Waals surface area contributed by atoms with Gasteiger partial charge in [0.15, 0.2) is 0 Å². The van der Waals surface area contributed by atoms with Crippen LogP contribution in [0.4, 0.5) is 0 Å². The van der Waals surface area contributed by atoms with E-state index in [9.17, 15) is 4.79 Å². The number of hydrogen-bond donors (Lipinski definition) is 0. The highest BCUT2D eigenvalue weighted by Gasteiger charge is 2.18. The van der Waals surface area contributed by atoms with Crippen molar-refractivity contribution in [2.45, 2.75) is 45.4 Å². The molecule has 0 radical (unpaired) electrons. The first-order valence-corrected chi connectivity index (χ1v) is 5.48. The number of allylic oxidation sites excluding steroid dienone is 2. The summed E-state index contributed by atoms with van der Waals surface area (Å²) in [5.74, 6) is 1.11. The largest absolute Gasteiger partial charge is 0.303 e. The second-order valence-electron chi connectivity index (χ2n) is 4.03. The van der Waals surface area contributed by atoms with Gasteiger partial charge >= 0.3 is 0 Å². The van der Waals surface area contributed by atoms with Crippen LogP contribution in [-0.2, 0) is 4.79 Å². The van der Waals surface area contributed by atoms with Gasteiger partial charge in [-0.25, -0.2) is 0 Å². The molecule has 0 heterocycles. The number of carbonyl (C=O) groups is 1. The second-order valence-corrected chi connectivity index (χ2v) is 4.03. The minimum absolute atomic E-state index is 0.357. The summed E-state index contributed by atoms with van der Waals surface area (Å²) < 4.78 is 0. The van der Waals surface area contributed by atoms with E-state index >= 15 is 0 Å². The van der Waals surface area contributed by atoms with E-state index in [0.717, 1.165) is 25.0 Å². The molecule has 1 rings (SSSR count). The zero-order chi connectivity index (χ0) is 9.52. The van der Waals surface area contributed by atoms with Crippen molar-refractivity contribution in [1.82, 2.24) is 0 Å². The van der Waals surface area contributed by atoms with Gasteiger partial charge in [-0.05, 0) is 38.0 Å². The summed E-state index contributed by atoms with van der Waals surface area (Å²) in [6.07, 6.45) is 12.8. The molecule has 0 atom stereocenters. The highest BCUT2D eigenvalue weighted by atomic mass is 16.1. The average molecular weight is 180 g/mol. The van der Waals surface area contributed by atoms with Gasteiger partial charge in [-0.3, -0.25) is 0 Å². The summed E-state index contributed by atoms with van der Waals surface area (Å²) in [5.41, 5.74) is 0. The number of carbonyl (C=O) groups excluding carboxylic acids is 1. The van der Waals surface area contributed by atoms with E-state index in [0.29, 0.717) is 5.92 Å². The molecule has 1 aliphatic rings. The van der Waals surface area contributed by atoms with Crippen molar-refractivity contribution in [3.63, 3.8) is 0 Å². The van der Waals surface area contributed by atoms with Crippen molar-refractivity contribution in [3.8, 4) is 0 Å². The SMILES string of the molecule is CCCC=CC1CCC(C=O)CC1. The maximum Gasteiger partial charge on any atom is 0.123 e. The molecule has 0 aromatic heterocycles. The predicted octanol–water partition coefficient (Wildman–Crippen LogP) is 3.35. The molecule has 1 aliphatic carbocycles. The molecular formula is C12H20O. The highest BCUT2D eigenvalue weighted by Crippen LogP contribution is 2.28. The fraction of sp³-hybridized carbons (Fsp3) is 0.750. The Hall–Kier alpha value is -0.590. The smallest absolute Gasteiger partial charge is 0.123 e. The Kier molecular flexibility index (Phi) is 4.81. The minimum atomic E-state index is 0.357. The van der Waals surface area contributed by atoms with Crippen LogP contribution in [0.2, 0.25) is 0 Å². The Morgan fingerprint density at radius 1 is 1.15 bits per heavy atom. The topological polar surface area (TPSA) is 17.1 Å². The van der Waals surface area contributed by atoms with Gasteiger partial charge in [0.2, 0.25) is 0 Å². The van der Waals surface area contributed by atoms with Gasteiger partial charge in [-0.2, -0.15) is 0 Å². The summed E-state index contributed by atoms with van der Waals surface area (Å²) in [6.45, 7) is 2.20. The molecule has 1 nitrogen and oxygen atoms in total. The zero-order valence-corrected chi connectivity index (χ0v) is 8.54. The van der Waals surface area contributed by atoms with Crippen LogP contribution in [0.3, 0.4) is 0 Å². The van der Waals surface area contributed by atoms with Gasteiger partial charge in [-0.15, -0.1) is 0 Å². The van der Waals surface area contributed by atoms with Gasteiger partial charge in [0.1, 0.15) is 6.29 Å². The van der Waals surface area contributed by atoms with Crippen LogP contribution >= 0.6 is 0 Å². The van der Waals surface area contributed by atoms with Gasteiger partial charge in [0.25, 0.3) is 0 Å². The van der Waals surface area contributed by atoms with Crippen molar-refractivity contribution in [1.29, 1.82) is 0 Å². The van der Waals surface area contributed by atoms with Crippen LogP contribution in [0.1, 0.15) is 45.4 Å². The molecule has 0 spiro atoms. The van der Waals surface area contributed by atoms with E-state index in [1.165, 1.54) is 25.7 Å². The van der Waals surface area contributed by atoms with Crippen molar-refractivity contribution in [2.75, 3.05) is 0 Å². The molecule has 0 aromatic rings. The molecule has 74 valence electrons. The molecule has 0 aromatic carbocycles.